The van der Waals surface area contributed by atoms with E-state index in [1.54, 1.807) is 12.4 Å². The van der Waals surface area contributed by atoms with E-state index in [1.165, 1.54) is 17.4 Å². The molecule has 0 radical (unpaired) electrons. The van der Waals surface area contributed by atoms with E-state index in [0.29, 0.717) is 10.1 Å². The standard InChI is InChI=1S/C17H11F2N5OS/c18-10-4-3-9(13(19)7-10)6-14(25)22-17-24-23-16(26-17)12-8-21-15-11(12)2-1-5-20-15/h1-5,7-8H,6H2,(H,20,21)(H,22,24,25). The third-order valence-corrected chi connectivity index (χ3v) is 4.59. The van der Waals surface area contributed by atoms with Gasteiger partial charge in [-0.05, 0) is 23.8 Å². The molecular weight excluding hydrogens is 360 g/mol. The number of fused-ring (bicyclic) bond motifs is 1. The van der Waals surface area contributed by atoms with Crippen LogP contribution in [0.25, 0.3) is 21.6 Å². The number of hydrogen-bond acceptors (Lipinski definition) is 5. The number of aromatic amines is 1. The molecule has 9 heteroatoms. The molecule has 0 fully saturated rings. The summed E-state index contributed by atoms with van der Waals surface area (Å²) in [4.78, 5) is 19.3. The van der Waals surface area contributed by atoms with Crippen LogP contribution in [0, 0.1) is 11.6 Å². The van der Waals surface area contributed by atoms with Crippen LogP contribution in [0.15, 0.2) is 42.7 Å². The number of carbonyl (C=O) groups is 1. The van der Waals surface area contributed by atoms with Crippen LogP contribution in [0.4, 0.5) is 13.9 Å². The van der Waals surface area contributed by atoms with Crippen LogP contribution in [0.1, 0.15) is 5.56 Å². The average molecular weight is 371 g/mol. The van der Waals surface area contributed by atoms with Gasteiger partial charge in [0.15, 0.2) is 5.01 Å². The van der Waals surface area contributed by atoms with E-state index in [-0.39, 0.29) is 12.0 Å². The molecule has 0 atom stereocenters. The molecule has 0 aliphatic rings. The number of H-pyrrole nitrogens is 1. The fourth-order valence-corrected chi connectivity index (χ4v) is 3.31. The molecule has 2 N–H and O–H groups in total. The number of nitrogens with zero attached hydrogens (tertiary/aromatic N) is 3. The van der Waals surface area contributed by atoms with Gasteiger partial charge in [0, 0.05) is 29.4 Å². The molecule has 1 aromatic carbocycles. The quantitative estimate of drug-likeness (QED) is 0.575. The number of aromatic nitrogens is 4. The summed E-state index contributed by atoms with van der Waals surface area (Å²) in [6.45, 7) is 0. The molecule has 0 aliphatic carbocycles. The number of rotatable bonds is 4. The van der Waals surface area contributed by atoms with Crippen molar-refractivity contribution in [1.82, 2.24) is 20.2 Å². The van der Waals surface area contributed by atoms with Crippen LogP contribution in [0.5, 0.6) is 0 Å². The van der Waals surface area contributed by atoms with Gasteiger partial charge in [-0.15, -0.1) is 10.2 Å². The van der Waals surface area contributed by atoms with E-state index in [0.717, 1.165) is 28.7 Å². The van der Waals surface area contributed by atoms with E-state index in [9.17, 15) is 13.6 Å². The molecule has 130 valence electrons. The summed E-state index contributed by atoms with van der Waals surface area (Å²) in [5.74, 6) is -1.91. The van der Waals surface area contributed by atoms with Crippen molar-refractivity contribution in [2.75, 3.05) is 5.32 Å². The zero-order valence-electron chi connectivity index (χ0n) is 13.2. The summed E-state index contributed by atoms with van der Waals surface area (Å²) < 4.78 is 26.5. The first-order chi connectivity index (χ1) is 12.6. The van der Waals surface area contributed by atoms with Crippen LogP contribution in [-0.4, -0.2) is 26.1 Å². The number of hydrogen-bond donors (Lipinski definition) is 2. The molecule has 0 saturated carbocycles. The van der Waals surface area contributed by atoms with Gasteiger partial charge in [0.2, 0.25) is 11.0 Å². The first-order valence-corrected chi connectivity index (χ1v) is 8.41. The lowest BCUT2D eigenvalue weighted by molar-refractivity contribution is -0.115. The molecule has 3 heterocycles. The van der Waals surface area contributed by atoms with Crippen LogP contribution >= 0.6 is 11.3 Å². The minimum atomic E-state index is -0.760. The zero-order chi connectivity index (χ0) is 18.1. The molecular formula is C17H11F2N5OS. The zero-order valence-corrected chi connectivity index (χ0v) is 14.0. The third-order valence-electron chi connectivity index (χ3n) is 3.72. The normalized spacial score (nSPS) is 11.0. The maximum atomic E-state index is 13.6. The van der Waals surface area contributed by atoms with Crippen LogP contribution in [-0.2, 0) is 11.2 Å². The fraction of sp³-hybridized carbons (Fsp3) is 0.0588. The molecule has 3 aromatic heterocycles. The summed E-state index contributed by atoms with van der Waals surface area (Å²) in [6, 6.07) is 6.83. The van der Waals surface area contributed by atoms with Crippen molar-refractivity contribution >= 4 is 33.4 Å². The van der Waals surface area contributed by atoms with Gasteiger partial charge in [-0.25, -0.2) is 13.8 Å². The van der Waals surface area contributed by atoms with Crippen molar-refractivity contribution in [2.24, 2.45) is 0 Å². The number of anilines is 1. The van der Waals surface area contributed by atoms with Gasteiger partial charge in [0.25, 0.3) is 0 Å². The summed E-state index contributed by atoms with van der Waals surface area (Å²) in [5.41, 5.74) is 1.67. The Labute approximate surface area is 149 Å². The average Bonchev–Trinajstić information content (AvgIpc) is 3.24. The number of carbonyl (C=O) groups excluding carboxylic acids is 1. The maximum absolute atomic E-state index is 13.6. The second-order valence-electron chi connectivity index (χ2n) is 5.47. The Morgan fingerprint density at radius 3 is 2.96 bits per heavy atom. The number of pyridine rings is 1. The number of amides is 1. The van der Waals surface area contributed by atoms with Gasteiger partial charge in [-0.3, -0.25) is 4.79 Å². The summed E-state index contributed by atoms with van der Waals surface area (Å²) in [6.07, 6.45) is 3.23. The lowest BCUT2D eigenvalue weighted by Crippen LogP contribution is -2.15. The Bertz CT molecular complexity index is 1110. The molecule has 1 amide bonds. The van der Waals surface area contributed by atoms with Crippen molar-refractivity contribution < 1.29 is 13.6 Å². The second kappa shape index (κ2) is 6.60. The van der Waals surface area contributed by atoms with Crippen molar-refractivity contribution in [1.29, 1.82) is 0 Å². The topological polar surface area (TPSA) is 83.6 Å². The van der Waals surface area contributed by atoms with Crippen molar-refractivity contribution in [3.63, 3.8) is 0 Å². The first-order valence-electron chi connectivity index (χ1n) is 7.60. The molecule has 0 bridgehead atoms. The first kappa shape index (κ1) is 16.3. The van der Waals surface area contributed by atoms with Crippen molar-refractivity contribution in [3.05, 3.63) is 59.9 Å². The van der Waals surface area contributed by atoms with E-state index in [2.05, 4.69) is 25.5 Å². The number of benzene rings is 1. The summed E-state index contributed by atoms with van der Waals surface area (Å²) in [7, 11) is 0. The lowest BCUT2D eigenvalue weighted by Gasteiger charge is -2.03. The second-order valence-corrected chi connectivity index (χ2v) is 6.45. The van der Waals surface area contributed by atoms with Crippen LogP contribution < -0.4 is 5.32 Å². The largest absolute Gasteiger partial charge is 0.345 e. The minimum absolute atomic E-state index is 0.108. The summed E-state index contributed by atoms with van der Waals surface area (Å²) >= 11 is 1.20. The van der Waals surface area contributed by atoms with Gasteiger partial charge in [0.1, 0.15) is 17.3 Å². The highest BCUT2D eigenvalue weighted by molar-refractivity contribution is 7.18. The van der Waals surface area contributed by atoms with Gasteiger partial charge >= 0.3 is 0 Å². The number of halogens is 2. The highest BCUT2D eigenvalue weighted by Gasteiger charge is 2.15. The molecule has 4 aromatic rings. The molecule has 0 spiro atoms. The lowest BCUT2D eigenvalue weighted by atomic mass is 10.1. The van der Waals surface area contributed by atoms with Gasteiger partial charge in [0.05, 0.1) is 6.42 Å². The molecule has 26 heavy (non-hydrogen) atoms. The Morgan fingerprint density at radius 2 is 2.12 bits per heavy atom. The molecule has 4 rings (SSSR count). The predicted molar refractivity (Wildman–Crippen MR) is 93.7 cm³/mol. The van der Waals surface area contributed by atoms with E-state index in [4.69, 9.17) is 0 Å². The number of nitrogens with one attached hydrogen (secondary N) is 2. The molecule has 0 unspecified atom stereocenters. The van der Waals surface area contributed by atoms with E-state index in [1.807, 2.05) is 12.1 Å². The molecule has 6 nitrogen and oxygen atoms in total. The van der Waals surface area contributed by atoms with E-state index >= 15 is 0 Å². The molecule has 0 aliphatic heterocycles. The fourth-order valence-electron chi connectivity index (χ4n) is 2.52. The van der Waals surface area contributed by atoms with Gasteiger partial charge in [-0.1, -0.05) is 17.4 Å². The Balaban J connectivity index is 1.50. The third kappa shape index (κ3) is 3.16. The van der Waals surface area contributed by atoms with Crippen LogP contribution in [0.2, 0.25) is 0 Å². The van der Waals surface area contributed by atoms with Crippen molar-refractivity contribution in [2.45, 2.75) is 6.42 Å². The van der Waals surface area contributed by atoms with Crippen LogP contribution in [0.3, 0.4) is 0 Å². The predicted octanol–water partition coefficient (Wildman–Crippen LogP) is 3.54. The van der Waals surface area contributed by atoms with Gasteiger partial charge < -0.3 is 10.3 Å². The van der Waals surface area contributed by atoms with Gasteiger partial charge in [-0.2, -0.15) is 0 Å². The smallest absolute Gasteiger partial charge is 0.230 e. The highest BCUT2D eigenvalue weighted by atomic mass is 32.1. The monoisotopic (exact) mass is 371 g/mol. The molecule has 0 saturated heterocycles. The minimum Gasteiger partial charge on any atom is -0.345 e. The Morgan fingerprint density at radius 1 is 1.23 bits per heavy atom. The maximum Gasteiger partial charge on any atom is 0.230 e. The summed E-state index contributed by atoms with van der Waals surface area (Å²) in [5, 5.41) is 12.4. The Kier molecular flexibility index (Phi) is 4.13. The highest BCUT2D eigenvalue weighted by Crippen LogP contribution is 2.31. The Hall–Kier alpha value is -3.20. The SMILES string of the molecule is O=C(Cc1ccc(F)cc1F)Nc1nnc(-c2c[nH]c3ncccc23)s1. The van der Waals surface area contributed by atoms with E-state index < -0.39 is 17.5 Å². The van der Waals surface area contributed by atoms with Crippen molar-refractivity contribution in [3.8, 4) is 10.6 Å².